The van der Waals surface area contributed by atoms with E-state index in [2.05, 4.69) is 33.0 Å². The highest BCUT2D eigenvalue weighted by molar-refractivity contribution is 4.66. The number of aliphatic hydroxyl groups excluding tert-OH is 1. The lowest BCUT2D eigenvalue weighted by Crippen LogP contribution is -2.29. The molecule has 0 aromatic carbocycles. The van der Waals surface area contributed by atoms with Gasteiger partial charge in [-0.1, -0.05) is 111 Å². The van der Waals surface area contributed by atoms with Crippen molar-refractivity contribution in [3.05, 3.63) is 0 Å². The van der Waals surface area contributed by atoms with Crippen molar-refractivity contribution in [3.63, 3.8) is 0 Å². The first-order valence-electron chi connectivity index (χ1n) is 12.1. The summed E-state index contributed by atoms with van der Waals surface area (Å²) in [4.78, 5) is 0. The molecular formula is C24H51NO. The van der Waals surface area contributed by atoms with Gasteiger partial charge in [0, 0.05) is 0 Å². The Balaban J connectivity index is 3.50. The van der Waals surface area contributed by atoms with Crippen molar-refractivity contribution < 1.29 is 5.11 Å². The molecule has 2 N–H and O–H groups in total. The van der Waals surface area contributed by atoms with Gasteiger partial charge in [0.1, 0.15) is 6.23 Å². The van der Waals surface area contributed by atoms with Gasteiger partial charge < -0.3 is 5.11 Å². The van der Waals surface area contributed by atoms with E-state index in [0.717, 1.165) is 31.2 Å². The summed E-state index contributed by atoms with van der Waals surface area (Å²) >= 11 is 0. The number of nitrogens with one attached hydrogen (secondary N) is 1. The van der Waals surface area contributed by atoms with Crippen molar-refractivity contribution in [2.45, 2.75) is 137 Å². The molecule has 2 nitrogen and oxygen atoms in total. The Labute approximate surface area is 165 Å². The molecule has 0 aromatic heterocycles. The van der Waals surface area contributed by atoms with Gasteiger partial charge >= 0.3 is 0 Å². The van der Waals surface area contributed by atoms with Crippen LogP contribution in [0.2, 0.25) is 0 Å². The van der Waals surface area contributed by atoms with Crippen LogP contribution in [0.25, 0.3) is 0 Å². The minimum atomic E-state index is -0.287. The summed E-state index contributed by atoms with van der Waals surface area (Å²) < 4.78 is 0. The summed E-state index contributed by atoms with van der Waals surface area (Å²) in [5, 5.41) is 13.3. The Morgan fingerprint density at radius 3 is 1.85 bits per heavy atom. The first kappa shape index (κ1) is 25.9. The van der Waals surface area contributed by atoms with Crippen molar-refractivity contribution in [2.75, 3.05) is 6.54 Å². The lowest BCUT2D eigenvalue weighted by Gasteiger charge is -2.23. The standard InChI is InChI=1S/C24H51NO/c1-5-8-10-14-17-21-25-24(26)20-16-13-11-12-15-19-23(18-9-6-2)22(4)7-3/h22-26H,5-21H2,1-4H3. The lowest BCUT2D eigenvalue weighted by atomic mass is 9.83. The van der Waals surface area contributed by atoms with E-state index in [0.29, 0.717) is 0 Å². The van der Waals surface area contributed by atoms with E-state index in [9.17, 15) is 5.11 Å². The van der Waals surface area contributed by atoms with Gasteiger partial charge in [0.2, 0.25) is 0 Å². The van der Waals surface area contributed by atoms with Gasteiger partial charge in [0.05, 0.1) is 0 Å². The topological polar surface area (TPSA) is 32.3 Å². The second-order valence-electron chi connectivity index (χ2n) is 8.52. The van der Waals surface area contributed by atoms with E-state index in [1.807, 2.05) is 0 Å². The van der Waals surface area contributed by atoms with Gasteiger partial charge in [-0.25, -0.2) is 0 Å². The zero-order valence-corrected chi connectivity index (χ0v) is 18.7. The molecule has 0 aromatic rings. The van der Waals surface area contributed by atoms with Crippen molar-refractivity contribution >= 4 is 0 Å². The molecule has 0 saturated carbocycles. The van der Waals surface area contributed by atoms with Crippen molar-refractivity contribution in [3.8, 4) is 0 Å². The fourth-order valence-electron chi connectivity index (χ4n) is 3.89. The molecule has 3 atom stereocenters. The maximum Gasteiger partial charge on any atom is 0.104 e. The third kappa shape index (κ3) is 16.1. The summed E-state index contributed by atoms with van der Waals surface area (Å²) in [5.74, 6) is 1.84. The van der Waals surface area contributed by atoms with Crippen LogP contribution in [-0.4, -0.2) is 17.9 Å². The number of hydrogen-bond donors (Lipinski definition) is 2. The fraction of sp³-hybridized carbons (Fsp3) is 1.00. The van der Waals surface area contributed by atoms with E-state index >= 15 is 0 Å². The highest BCUT2D eigenvalue weighted by atomic mass is 16.3. The molecule has 0 aliphatic rings. The number of rotatable bonds is 20. The molecule has 0 saturated heterocycles. The normalized spacial score (nSPS) is 15.1. The maximum absolute atomic E-state index is 9.99. The quantitative estimate of drug-likeness (QED) is 0.172. The van der Waals surface area contributed by atoms with Gasteiger partial charge in [0.15, 0.2) is 0 Å². The largest absolute Gasteiger partial charge is 0.379 e. The minimum Gasteiger partial charge on any atom is -0.379 e. The Bertz CT molecular complexity index is 269. The van der Waals surface area contributed by atoms with Crippen LogP contribution in [0, 0.1) is 11.8 Å². The molecule has 0 spiro atoms. The summed E-state index contributed by atoms with van der Waals surface area (Å²) in [6, 6.07) is 0. The Morgan fingerprint density at radius 1 is 0.654 bits per heavy atom. The average Bonchev–Trinajstić information content (AvgIpc) is 2.65. The molecule has 0 heterocycles. The fourth-order valence-corrected chi connectivity index (χ4v) is 3.89. The number of hydrogen-bond acceptors (Lipinski definition) is 2. The molecule has 158 valence electrons. The van der Waals surface area contributed by atoms with Crippen LogP contribution in [0.1, 0.15) is 130 Å². The van der Waals surface area contributed by atoms with E-state index in [-0.39, 0.29) is 6.23 Å². The van der Waals surface area contributed by atoms with Crippen molar-refractivity contribution in [1.29, 1.82) is 0 Å². The predicted molar refractivity (Wildman–Crippen MR) is 118 cm³/mol. The molecule has 2 heteroatoms. The smallest absolute Gasteiger partial charge is 0.104 e. The average molecular weight is 370 g/mol. The van der Waals surface area contributed by atoms with Gasteiger partial charge in [-0.2, -0.15) is 0 Å². The third-order valence-electron chi connectivity index (χ3n) is 6.09. The van der Waals surface area contributed by atoms with Gasteiger partial charge in [-0.05, 0) is 37.6 Å². The molecule has 0 fully saturated rings. The molecule has 26 heavy (non-hydrogen) atoms. The van der Waals surface area contributed by atoms with Crippen LogP contribution in [-0.2, 0) is 0 Å². The van der Waals surface area contributed by atoms with Gasteiger partial charge in [0.25, 0.3) is 0 Å². The second kappa shape index (κ2) is 19.7. The molecule has 0 amide bonds. The van der Waals surface area contributed by atoms with E-state index in [1.165, 1.54) is 89.9 Å². The highest BCUT2D eigenvalue weighted by Crippen LogP contribution is 2.27. The zero-order valence-electron chi connectivity index (χ0n) is 18.7. The SMILES string of the molecule is CCCCCCCNC(O)CCCCCCCC(CCCC)C(C)CC. The Kier molecular flexibility index (Phi) is 19.6. The summed E-state index contributed by atoms with van der Waals surface area (Å²) in [6.07, 6.45) is 20.6. The summed E-state index contributed by atoms with van der Waals surface area (Å²) in [5.41, 5.74) is 0. The minimum absolute atomic E-state index is 0.287. The Hall–Kier alpha value is -0.0800. The predicted octanol–water partition coefficient (Wildman–Crippen LogP) is 7.45. The molecule has 0 rings (SSSR count). The van der Waals surface area contributed by atoms with Crippen LogP contribution in [0.5, 0.6) is 0 Å². The maximum atomic E-state index is 9.99. The van der Waals surface area contributed by atoms with Crippen LogP contribution in [0.15, 0.2) is 0 Å². The molecular weight excluding hydrogens is 318 g/mol. The number of aliphatic hydroxyl groups is 1. The van der Waals surface area contributed by atoms with E-state index < -0.39 is 0 Å². The molecule has 0 aliphatic carbocycles. The zero-order chi connectivity index (χ0) is 19.5. The summed E-state index contributed by atoms with van der Waals surface area (Å²) in [7, 11) is 0. The van der Waals surface area contributed by atoms with E-state index in [4.69, 9.17) is 0 Å². The van der Waals surface area contributed by atoms with E-state index in [1.54, 1.807) is 0 Å². The van der Waals surface area contributed by atoms with Crippen molar-refractivity contribution in [1.82, 2.24) is 5.32 Å². The van der Waals surface area contributed by atoms with Crippen LogP contribution >= 0.6 is 0 Å². The monoisotopic (exact) mass is 369 g/mol. The highest BCUT2D eigenvalue weighted by Gasteiger charge is 2.14. The van der Waals surface area contributed by atoms with Crippen LogP contribution < -0.4 is 5.32 Å². The van der Waals surface area contributed by atoms with Crippen LogP contribution in [0.3, 0.4) is 0 Å². The number of unbranched alkanes of at least 4 members (excludes halogenated alkanes) is 9. The first-order valence-corrected chi connectivity index (χ1v) is 12.1. The van der Waals surface area contributed by atoms with Gasteiger partial charge in [-0.15, -0.1) is 0 Å². The Morgan fingerprint density at radius 2 is 1.19 bits per heavy atom. The second-order valence-corrected chi connectivity index (χ2v) is 8.52. The van der Waals surface area contributed by atoms with Crippen LogP contribution in [0.4, 0.5) is 0 Å². The molecule has 0 aliphatic heterocycles. The molecule has 3 unspecified atom stereocenters. The summed E-state index contributed by atoms with van der Waals surface area (Å²) in [6.45, 7) is 10.3. The molecule has 0 bridgehead atoms. The first-order chi connectivity index (χ1) is 12.7. The lowest BCUT2D eigenvalue weighted by molar-refractivity contribution is 0.124. The third-order valence-corrected chi connectivity index (χ3v) is 6.09. The molecule has 0 radical (unpaired) electrons. The van der Waals surface area contributed by atoms with Gasteiger partial charge in [-0.3, -0.25) is 5.32 Å². The van der Waals surface area contributed by atoms with Crippen molar-refractivity contribution in [2.24, 2.45) is 11.8 Å².